The van der Waals surface area contributed by atoms with Crippen LogP contribution >= 0.6 is 0 Å². The molecule has 0 radical (unpaired) electrons. The van der Waals surface area contributed by atoms with Gasteiger partial charge in [-0.3, -0.25) is 0 Å². The number of halogens is 1. The van der Waals surface area contributed by atoms with E-state index in [1.54, 1.807) is 12.1 Å². The molecule has 0 saturated heterocycles. The summed E-state index contributed by atoms with van der Waals surface area (Å²) in [4.78, 5) is 6.02. The molecule has 2 rings (SSSR count). The van der Waals surface area contributed by atoms with E-state index >= 15 is 0 Å². The third-order valence-corrected chi connectivity index (χ3v) is 1.75. The number of aromatic nitrogens is 1. The zero-order valence-corrected chi connectivity index (χ0v) is 6.13. The highest BCUT2D eigenvalue weighted by Crippen LogP contribution is 2.27. The van der Waals surface area contributed by atoms with Crippen molar-refractivity contribution in [1.29, 1.82) is 0 Å². The Hall–Kier alpha value is -1.82. The number of benzene rings is 1. The molecule has 2 nitrogen and oxygen atoms in total. The Kier molecular flexibility index (Phi) is 1.34. The number of nitrogens with zero attached hydrogens (tertiary/aromatic N) is 1. The second kappa shape index (κ2) is 2.35. The van der Waals surface area contributed by atoms with Crippen LogP contribution in [0.3, 0.4) is 0 Å². The van der Waals surface area contributed by atoms with Crippen LogP contribution in [-0.4, -0.2) is 4.98 Å². The maximum absolute atomic E-state index is 13.1. The fourth-order valence-electron chi connectivity index (χ4n) is 1.21. The topological polar surface area (TPSA) is 20.1 Å². The van der Waals surface area contributed by atoms with Gasteiger partial charge in [0.15, 0.2) is 0 Å². The molecule has 58 valence electrons. The molecule has 1 heterocycles. The Morgan fingerprint density at radius 3 is 3.00 bits per heavy atom. The molecule has 0 aliphatic heterocycles. The summed E-state index contributed by atoms with van der Waals surface area (Å²) in [7, 11) is 0. The quantitative estimate of drug-likeness (QED) is 0.572. The number of nitrogens with one attached hydrogen (secondary N) is 1. The lowest BCUT2D eigenvalue weighted by atomic mass is 10.2. The van der Waals surface area contributed by atoms with Crippen molar-refractivity contribution in [3.05, 3.63) is 41.6 Å². The minimum atomic E-state index is -0.347. The Morgan fingerprint density at radius 2 is 2.25 bits per heavy atom. The predicted octanol–water partition coefficient (Wildman–Crippen LogP) is 2.86. The van der Waals surface area contributed by atoms with Crippen molar-refractivity contribution in [2.24, 2.45) is 0 Å². The first kappa shape index (κ1) is 6.86. The number of fused-ring (bicyclic) bond motifs is 1. The van der Waals surface area contributed by atoms with E-state index in [0.29, 0.717) is 16.6 Å². The van der Waals surface area contributed by atoms with Gasteiger partial charge in [-0.05, 0) is 12.1 Å². The van der Waals surface area contributed by atoms with Crippen LogP contribution in [0.15, 0.2) is 24.4 Å². The van der Waals surface area contributed by atoms with E-state index in [1.807, 2.05) is 0 Å². The van der Waals surface area contributed by atoms with Crippen molar-refractivity contribution < 1.29 is 4.39 Å². The predicted molar refractivity (Wildman–Crippen MR) is 44.5 cm³/mol. The molecular weight excluding hydrogens is 155 g/mol. The van der Waals surface area contributed by atoms with E-state index in [9.17, 15) is 4.39 Å². The van der Waals surface area contributed by atoms with Crippen LogP contribution in [0.4, 0.5) is 10.1 Å². The lowest BCUT2D eigenvalue weighted by Crippen LogP contribution is -1.73. The summed E-state index contributed by atoms with van der Waals surface area (Å²) < 4.78 is 13.1. The SMILES string of the molecule is [C-]#[N+]c1c[nH]c2cccc(F)c12. The van der Waals surface area contributed by atoms with Crippen molar-refractivity contribution in [1.82, 2.24) is 4.98 Å². The molecule has 0 bridgehead atoms. The van der Waals surface area contributed by atoms with E-state index in [2.05, 4.69) is 9.83 Å². The summed E-state index contributed by atoms with van der Waals surface area (Å²) in [5.41, 5.74) is 1.00. The van der Waals surface area contributed by atoms with E-state index in [-0.39, 0.29) is 5.82 Å². The molecule has 3 heteroatoms. The highest BCUT2D eigenvalue weighted by molar-refractivity contribution is 5.93. The maximum Gasteiger partial charge on any atom is 0.214 e. The summed E-state index contributed by atoms with van der Waals surface area (Å²) in [6.45, 7) is 6.78. The van der Waals surface area contributed by atoms with Crippen LogP contribution in [0.1, 0.15) is 0 Å². The van der Waals surface area contributed by atoms with Gasteiger partial charge in [0.25, 0.3) is 0 Å². The second-order valence-electron chi connectivity index (χ2n) is 2.45. The molecule has 0 saturated carbocycles. The third kappa shape index (κ3) is 0.785. The van der Waals surface area contributed by atoms with Gasteiger partial charge in [-0.2, -0.15) is 0 Å². The molecule has 0 atom stereocenters. The molecule has 1 aromatic carbocycles. The zero-order valence-electron chi connectivity index (χ0n) is 6.13. The van der Waals surface area contributed by atoms with Gasteiger partial charge >= 0.3 is 0 Å². The molecule has 0 amide bonds. The van der Waals surface area contributed by atoms with E-state index in [0.717, 1.165) is 0 Å². The van der Waals surface area contributed by atoms with Crippen LogP contribution in [0.25, 0.3) is 15.7 Å². The molecule has 2 aromatic rings. The average molecular weight is 160 g/mol. The van der Waals surface area contributed by atoms with Crippen LogP contribution < -0.4 is 0 Å². The highest BCUT2D eigenvalue weighted by Gasteiger charge is 2.06. The molecule has 0 spiro atoms. The Balaban J connectivity index is 2.95. The number of rotatable bonds is 0. The molecule has 0 unspecified atom stereocenters. The molecule has 0 aliphatic carbocycles. The van der Waals surface area contributed by atoms with E-state index < -0.39 is 0 Å². The number of H-pyrrole nitrogens is 1. The van der Waals surface area contributed by atoms with E-state index in [1.165, 1.54) is 12.3 Å². The van der Waals surface area contributed by atoms with Crippen molar-refractivity contribution in [3.63, 3.8) is 0 Å². The zero-order chi connectivity index (χ0) is 8.55. The average Bonchev–Trinajstić information content (AvgIpc) is 2.49. The van der Waals surface area contributed by atoms with Gasteiger partial charge in [-0.1, -0.05) is 6.07 Å². The number of aromatic amines is 1. The third-order valence-electron chi connectivity index (χ3n) is 1.75. The van der Waals surface area contributed by atoms with Gasteiger partial charge in [0, 0.05) is 17.1 Å². The van der Waals surface area contributed by atoms with Crippen LogP contribution in [0.2, 0.25) is 0 Å². The summed E-state index contributed by atoms with van der Waals surface area (Å²) in [6.07, 6.45) is 1.51. The van der Waals surface area contributed by atoms with Crippen molar-refractivity contribution >= 4 is 16.6 Å². The molecule has 0 aliphatic rings. The molecule has 12 heavy (non-hydrogen) atoms. The Bertz CT molecular complexity index is 465. The van der Waals surface area contributed by atoms with Gasteiger partial charge in [0.2, 0.25) is 5.69 Å². The van der Waals surface area contributed by atoms with Gasteiger partial charge in [-0.15, -0.1) is 0 Å². The first-order valence-corrected chi connectivity index (χ1v) is 3.46. The fourth-order valence-corrected chi connectivity index (χ4v) is 1.21. The lowest BCUT2D eigenvalue weighted by molar-refractivity contribution is 0.640. The van der Waals surface area contributed by atoms with E-state index in [4.69, 9.17) is 6.57 Å². The molecular formula is C9H5FN2. The number of hydrogen-bond donors (Lipinski definition) is 1. The number of hydrogen-bond acceptors (Lipinski definition) is 0. The monoisotopic (exact) mass is 160 g/mol. The molecule has 1 N–H and O–H groups in total. The normalized spacial score (nSPS) is 10.0. The summed E-state index contributed by atoms with van der Waals surface area (Å²) in [6, 6.07) is 4.71. The minimum Gasteiger partial charge on any atom is -0.372 e. The molecule has 0 fully saturated rings. The fraction of sp³-hybridized carbons (Fsp3) is 0. The van der Waals surface area contributed by atoms with Gasteiger partial charge in [-0.25, -0.2) is 9.24 Å². The van der Waals surface area contributed by atoms with Gasteiger partial charge in [0.1, 0.15) is 5.82 Å². The first-order valence-electron chi connectivity index (χ1n) is 3.46. The first-order chi connectivity index (χ1) is 5.83. The largest absolute Gasteiger partial charge is 0.372 e. The maximum atomic E-state index is 13.1. The summed E-state index contributed by atoms with van der Waals surface area (Å²) in [5, 5.41) is 0.382. The minimum absolute atomic E-state index is 0.336. The van der Waals surface area contributed by atoms with Gasteiger partial charge in [0.05, 0.1) is 6.57 Å². The second-order valence-corrected chi connectivity index (χ2v) is 2.45. The van der Waals surface area contributed by atoms with Crippen LogP contribution in [0.5, 0.6) is 0 Å². The van der Waals surface area contributed by atoms with Crippen LogP contribution in [-0.2, 0) is 0 Å². The molecule has 1 aromatic heterocycles. The standard InChI is InChI=1S/C9H5FN2/c1-11-8-5-12-7-4-2-3-6(10)9(7)8/h2-5,12H. The van der Waals surface area contributed by atoms with Crippen LogP contribution in [0, 0.1) is 12.4 Å². The van der Waals surface area contributed by atoms with Gasteiger partial charge < -0.3 is 4.98 Å². The smallest absolute Gasteiger partial charge is 0.214 e. The highest BCUT2D eigenvalue weighted by atomic mass is 19.1. The van der Waals surface area contributed by atoms with Crippen molar-refractivity contribution in [3.8, 4) is 0 Å². The van der Waals surface area contributed by atoms with Crippen molar-refractivity contribution in [2.75, 3.05) is 0 Å². The Labute approximate surface area is 68.5 Å². The summed E-state index contributed by atoms with van der Waals surface area (Å²) >= 11 is 0. The lowest BCUT2D eigenvalue weighted by Gasteiger charge is -1.91. The Morgan fingerprint density at radius 1 is 1.42 bits per heavy atom. The van der Waals surface area contributed by atoms with Crippen molar-refractivity contribution in [2.45, 2.75) is 0 Å². The summed E-state index contributed by atoms with van der Waals surface area (Å²) in [5.74, 6) is -0.347.